The van der Waals surface area contributed by atoms with Crippen LogP contribution >= 0.6 is 15.9 Å². The molecule has 1 heterocycles. The van der Waals surface area contributed by atoms with Crippen LogP contribution < -0.4 is 19.5 Å². The van der Waals surface area contributed by atoms with Crippen molar-refractivity contribution in [2.45, 2.75) is 12.5 Å². The molecule has 24 heavy (non-hydrogen) atoms. The van der Waals surface area contributed by atoms with Gasteiger partial charge in [0, 0.05) is 6.54 Å². The van der Waals surface area contributed by atoms with E-state index in [2.05, 4.69) is 21.2 Å². The number of ether oxygens (including phenoxy) is 3. The second-order valence-corrected chi connectivity index (χ2v) is 6.45. The largest absolute Gasteiger partial charge is 0.503 e. The Morgan fingerprint density at radius 3 is 2.33 bits per heavy atom. The van der Waals surface area contributed by atoms with Crippen molar-refractivity contribution in [1.82, 2.24) is 5.32 Å². The smallest absolute Gasteiger partial charge is 0.172 e. The summed E-state index contributed by atoms with van der Waals surface area (Å²) in [5.74, 6) is 1.98. The minimum Gasteiger partial charge on any atom is -0.503 e. The molecule has 0 spiro atoms. The molecule has 0 aliphatic carbocycles. The van der Waals surface area contributed by atoms with Crippen molar-refractivity contribution in [3.05, 3.63) is 45.4 Å². The summed E-state index contributed by atoms with van der Waals surface area (Å²) in [6.07, 6.45) is 0.919. The zero-order valence-corrected chi connectivity index (χ0v) is 15.4. The molecule has 1 atom stereocenters. The van der Waals surface area contributed by atoms with E-state index in [-0.39, 0.29) is 11.8 Å². The average molecular weight is 394 g/mol. The van der Waals surface area contributed by atoms with Crippen LogP contribution in [0.4, 0.5) is 0 Å². The first kappa shape index (κ1) is 16.9. The Hall–Kier alpha value is -1.92. The zero-order chi connectivity index (χ0) is 17.3. The van der Waals surface area contributed by atoms with Crippen molar-refractivity contribution in [3.8, 4) is 23.0 Å². The second kappa shape index (κ2) is 6.91. The zero-order valence-electron chi connectivity index (χ0n) is 13.9. The van der Waals surface area contributed by atoms with E-state index in [0.717, 1.165) is 29.8 Å². The molecule has 2 N–H and O–H groups in total. The number of nitrogens with one attached hydrogen (secondary N) is 1. The Morgan fingerprint density at radius 2 is 1.67 bits per heavy atom. The average Bonchev–Trinajstić information content (AvgIpc) is 2.62. The van der Waals surface area contributed by atoms with Crippen LogP contribution in [0.3, 0.4) is 0 Å². The monoisotopic (exact) mass is 393 g/mol. The van der Waals surface area contributed by atoms with E-state index in [1.807, 2.05) is 24.3 Å². The summed E-state index contributed by atoms with van der Waals surface area (Å²) in [6, 6.07) is 7.79. The Balaban J connectivity index is 2.11. The number of hydrogen-bond acceptors (Lipinski definition) is 5. The summed E-state index contributed by atoms with van der Waals surface area (Å²) < 4.78 is 16.7. The summed E-state index contributed by atoms with van der Waals surface area (Å²) in [5.41, 5.74) is 3.36. The highest BCUT2D eigenvalue weighted by Gasteiger charge is 2.25. The van der Waals surface area contributed by atoms with Gasteiger partial charge in [0.1, 0.15) is 0 Å². The van der Waals surface area contributed by atoms with Gasteiger partial charge in [-0.05, 0) is 63.3 Å². The Bertz CT molecular complexity index is 763. The molecule has 0 aromatic heterocycles. The van der Waals surface area contributed by atoms with Gasteiger partial charge in [-0.25, -0.2) is 0 Å². The highest BCUT2D eigenvalue weighted by Crippen LogP contribution is 2.41. The van der Waals surface area contributed by atoms with Crippen molar-refractivity contribution in [3.63, 3.8) is 0 Å². The SMILES string of the molecule is COc1cc2c(cc1OC)C(c1cc(Br)c(O)c(OC)c1)NCC2. The molecule has 128 valence electrons. The number of rotatable bonds is 4. The van der Waals surface area contributed by atoms with Gasteiger partial charge in [-0.15, -0.1) is 0 Å². The van der Waals surface area contributed by atoms with Crippen LogP contribution in [0.25, 0.3) is 0 Å². The summed E-state index contributed by atoms with van der Waals surface area (Å²) >= 11 is 3.39. The fraction of sp³-hybridized carbons (Fsp3) is 0.333. The lowest BCUT2D eigenvalue weighted by molar-refractivity contribution is 0.352. The Morgan fingerprint density at radius 1 is 1.00 bits per heavy atom. The van der Waals surface area contributed by atoms with Crippen LogP contribution in [-0.4, -0.2) is 33.0 Å². The fourth-order valence-corrected chi connectivity index (χ4v) is 3.56. The maximum absolute atomic E-state index is 10.0. The molecule has 5 nitrogen and oxygen atoms in total. The number of methoxy groups -OCH3 is 3. The van der Waals surface area contributed by atoms with Gasteiger partial charge in [-0.3, -0.25) is 0 Å². The molecular formula is C18H20BrNO4. The van der Waals surface area contributed by atoms with E-state index in [4.69, 9.17) is 14.2 Å². The molecule has 0 radical (unpaired) electrons. The molecule has 6 heteroatoms. The molecule has 0 amide bonds. The van der Waals surface area contributed by atoms with Crippen LogP contribution in [0.5, 0.6) is 23.0 Å². The molecule has 1 aliphatic rings. The van der Waals surface area contributed by atoms with E-state index in [9.17, 15) is 5.11 Å². The van der Waals surface area contributed by atoms with Crippen LogP contribution in [0.2, 0.25) is 0 Å². The standard InChI is InChI=1S/C18H20BrNO4/c1-22-14-7-10-4-5-20-17(12(10)9-15(14)23-2)11-6-13(19)18(21)16(8-11)24-3/h6-9,17,20-21H,4-5H2,1-3H3. The van der Waals surface area contributed by atoms with E-state index in [1.54, 1.807) is 21.3 Å². The van der Waals surface area contributed by atoms with Crippen molar-refractivity contribution in [2.24, 2.45) is 0 Å². The first-order valence-corrected chi connectivity index (χ1v) is 8.43. The first-order valence-electron chi connectivity index (χ1n) is 7.63. The summed E-state index contributed by atoms with van der Waals surface area (Å²) in [6.45, 7) is 0.855. The molecule has 1 unspecified atom stereocenters. The number of fused-ring (bicyclic) bond motifs is 1. The van der Waals surface area contributed by atoms with Crippen LogP contribution in [0.1, 0.15) is 22.7 Å². The van der Waals surface area contributed by atoms with E-state index in [0.29, 0.717) is 16.0 Å². The van der Waals surface area contributed by atoms with Crippen LogP contribution in [0.15, 0.2) is 28.7 Å². The number of phenols is 1. The molecule has 2 aromatic rings. The van der Waals surface area contributed by atoms with Crippen molar-refractivity contribution in [2.75, 3.05) is 27.9 Å². The van der Waals surface area contributed by atoms with Gasteiger partial charge >= 0.3 is 0 Å². The van der Waals surface area contributed by atoms with Gasteiger partial charge in [0.05, 0.1) is 31.8 Å². The minimum atomic E-state index is -0.0145. The van der Waals surface area contributed by atoms with Crippen molar-refractivity contribution >= 4 is 15.9 Å². The molecule has 2 aromatic carbocycles. The maximum Gasteiger partial charge on any atom is 0.172 e. The van der Waals surface area contributed by atoms with Crippen molar-refractivity contribution < 1.29 is 19.3 Å². The molecule has 0 fully saturated rings. The molecule has 1 aliphatic heterocycles. The lowest BCUT2D eigenvalue weighted by atomic mass is 9.89. The second-order valence-electron chi connectivity index (χ2n) is 5.60. The molecule has 3 rings (SSSR count). The van der Waals surface area contributed by atoms with Gasteiger partial charge in [-0.1, -0.05) is 0 Å². The fourth-order valence-electron chi connectivity index (χ4n) is 3.10. The molecular weight excluding hydrogens is 374 g/mol. The lowest BCUT2D eigenvalue weighted by Crippen LogP contribution is -2.30. The summed E-state index contributed by atoms with van der Waals surface area (Å²) in [7, 11) is 4.82. The van der Waals surface area contributed by atoms with E-state index >= 15 is 0 Å². The first-order chi connectivity index (χ1) is 11.6. The third-order valence-corrected chi connectivity index (χ3v) is 4.91. The van der Waals surface area contributed by atoms with Crippen LogP contribution in [-0.2, 0) is 6.42 Å². The Labute approximate surface area is 149 Å². The van der Waals surface area contributed by atoms with Crippen molar-refractivity contribution in [1.29, 1.82) is 0 Å². The quantitative estimate of drug-likeness (QED) is 0.833. The molecule has 0 saturated carbocycles. The van der Waals surface area contributed by atoms with Gasteiger partial charge in [0.25, 0.3) is 0 Å². The van der Waals surface area contributed by atoms with Gasteiger partial charge in [-0.2, -0.15) is 0 Å². The van der Waals surface area contributed by atoms with Gasteiger partial charge in [0.15, 0.2) is 23.0 Å². The van der Waals surface area contributed by atoms with E-state index in [1.165, 1.54) is 5.56 Å². The lowest BCUT2D eigenvalue weighted by Gasteiger charge is -2.29. The topological polar surface area (TPSA) is 60.0 Å². The number of halogens is 1. The normalized spacial score (nSPS) is 16.4. The third kappa shape index (κ3) is 2.91. The summed E-state index contributed by atoms with van der Waals surface area (Å²) in [5, 5.41) is 13.6. The number of aromatic hydroxyl groups is 1. The summed E-state index contributed by atoms with van der Waals surface area (Å²) in [4.78, 5) is 0. The Kier molecular flexibility index (Phi) is 4.87. The highest BCUT2D eigenvalue weighted by atomic mass is 79.9. The van der Waals surface area contributed by atoms with Crippen LogP contribution in [0, 0.1) is 0 Å². The number of hydrogen-bond donors (Lipinski definition) is 2. The number of benzene rings is 2. The number of phenolic OH excluding ortho intramolecular Hbond substituents is 1. The molecule has 0 saturated heterocycles. The van der Waals surface area contributed by atoms with Gasteiger partial charge < -0.3 is 24.6 Å². The highest BCUT2D eigenvalue weighted by molar-refractivity contribution is 9.10. The predicted octanol–water partition coefficient (Wildman–Crippen LogP) is 3.42. The molecule has 0 bridgehead atoms. The predicted molar refractivity (Wildman–Crippen MR) is 95.5 cm³/mol. The van der Waals surface area contributed by atoms with Gasteiger partial charge in [0.2, 0.25) is 0 Å². The van der Waals surface area contributed by atoms with E-state index < -0.39 is 0 Å². The maximum atomic E-state index is 10.0. The minimum absolute atomic E-state index is 0.0145. The third-order valence-electron chi connectivity index (χ3n) is 4.30.